The highest BCUT2D eigenvalue weighted by Crippen LogP contribution is 2.13. The van der Waals surface area contributed by atoms with Crippen molar-refractivity contribution in [3.05, 3.63) is 41.9 Å². The second kappa shape index (κ2) is 6.10. The molecule has 0 aliphatic heterocycles. The first kappa shape index (κ1) is 13.9. The van der Waals surface area contributed by atoms with Crippen molar-refractivity contribution >= 4 is 18.0 Å². The maximum atomic E-state index is 11.7. The summed E-state index contributed by atoms with van der Waals surface area (Å²) >= 11 is 0. The molecule has 106 valence electrons. The smallest absolute Gasteiger partial charge is 0.245 e. The number of carbonyl (C=O) groups is 1. The number of anilines is 1. The minimum absolute atomic E-state index is 0.164. The Kier molecular flexibility index (Phi) is 4.24. The van der Waals surface area contributed by atoms with Crippen molar-refractivity contribution in [2.75, 3.05) is 19.0 Å². The zero-order chi connectivity index (χ0) is 14.5. The fourth-order valence-electron chi connectivity index (χ4n) is 1.70. The van der Waals surface area contributed by atoms with Crippen LogP contribution < -0.4 is 10.3 Å². The van der Waals surface area contributed by atoms with Gasteiger partial charge in [-0.3, -0.25) is 4.79 Å². The zero-order valence-electron chi connectivity index (χ0n) is 11.8. The second-order valence-corrected chi connectivity index (χ2v) is 4.65. The van der Waals surface area contributed by atoms with E-state index in [1.807, 2.05) is 55.0 Å². The first-order valence-electron chi connectivity index (χ1n) is 6.25. The van der Waals surface area contributed by atoms with Crippen molar-refractivity contribution in [3.8, 4) is 0 Å². The molecule has 6 heteroatoms. The monoisotopic (exact) mass is 274 g/mol. The van der Waals surface area contributed by atoms with E-state index in [1.165, 1.54) is 6.21 Å². The van der Waals surface area contributed by atoms with Gasteiger partial charge in [-0.05, 0) is 18.2 Å². The Balaban J connectivity index is 1.86. The number of hydrogen-bond donors (Lipinski definition) is 1. The Labute approximate surface area is 117 Å². The van der Waals surface area contributed by atoms with Crippen molar-refractivity contribution in [2.45, 2.75) is 6.42 Å². The highest BCUT2D eigenvalue weighted by atomic mass is 16.4. The summed E-state index contributed by atoms with van der Waals surface area (Å²) in [5, 5.41) is 3.88. The lowest BCUT2D eigenvalue weighted by atomic mass is 10.3. The number of hydrazone groups is 1. The summed E-state index contributed by atoms with van der Waals surface area (Å²) in [7, 11) is 5.68. The molecule has 2 aromatic rings. The summed E-state index contributed by atoms with van der Waals surface area (Å²) in [6.45, 7) is 0. The van der Waals surface area contributed by atoms with Crippen LogP contribution in [-0.2, 0) is 18.3 Å². The third-order valence-corrected chi connectivity index (χ3v) is 2.83. The molecular weight excluding hydrogens is 256 g/mol. The minimum Gasteiger partial charge on any atom is -0.440 e. The number of aromatic nitrogens is 1. The maximum absolute atomic E-state index is 11.7. The molecular formula is C14H18N4O2. The minimum atomic E-state index is -0.164. The van der Waals surface area contributed by atoms with Gasteiger partial charge in [-0.1, -0.05) is 0 Å². The van der Waals surface area contributed by atoms with Gasteiger partial charge in [-0.25, -0.2) is 5.43 Å². The number of furan rings is 1. The van der Waals surface area contributed by atoms with E-state index in [0.29, 0.717) is 12.2 Å². The summed E-state index contributed by atoms with van der Waals surface area (Å²) < 4.78 is 7.38. The number of aryl methyl sites for hydroxylation is 1. The van der Waals surface area contributed by atoms with Crippen LogP contribution in [0.25, 0.3) is 0 Å². The summed E-state index contributed by atoms with van der Waals surface area (Å²) in [5.41, 5.74) is 3.41. The van der Waals surface area contributed by atoms with Crippen LogP contribution in [-0.4, -0.2) is 30.8 Å². The second-order valence-electron chi connectivity index (χ2n) is 4.65. The third-order valence-electron chi connectivity index (χ3n) is 2.83. The third kappa shape index (κ3) is 3.50. The summed E-state index contributed by atoms with van der Waals surface area (Å²) in [6, 6.07) is 7.44. The number of rotatable bonds is 5. The van der Waals surface area contributed by atoms with E-state index in [1.54, 1.807) is 6.07 Å². The molecule has 0 fully saturated rings. The van der Waals surface area contributed by atoms with Gasteiger partial charge in [0.1, 0.15) is 5.76 Å². The molecule has 1 N–H and O–H groups in total. The molecule has 6 nitrogen and oxygen atoms in total. The molecule has 0 saturated heterocycles. The largest absolute Gasteiger partial charge is 0.440 e. The van der Waals surface area contributed by atoms with Crippen LogP contribution in [0.1, 0.15) is 11.5 Å². The molecule has 0 saturated carbocycles. The van der Waals surface area contributed by atoms with Gasteiger partial charge in [-0.15, -0.1) is 0 Å². The van der Waals surface area contributed by atoms with E-state index in [2.05, 4.69) is 10.5 Å². The predicted molar refractivity (Wildman–Crippen MR) is 77.9 cm³/mol. The summed E-state index contributed by atoms with van der Waals surface area (Å²) in [5.74, 6) is 1.16. The Morgan fingerprint density at radius 2 is 2.25 bits per heavy atom. The molecule has 2 aromatic heterocycles. The van der Waals surface area contributed by atoms with Crippen LogP contribution in [0.5, 0.6) is 0 Å². The topological polar surface area (TPSA) is 62.8 Å². The highest BCUT2D eigenvalue weighted by molar-refractivity contribution is 5.81. The standard InChI is InChI=1S/C14H18N4O2/c1-17(2)14-7-6-12(20-14)10-15-16-13(19)9-11-5-4-8-18(11)3/h4-8,10H,9H2,1-3H3,(H,16,19)/b15-10+. The van der Waals surface area contributed by atoms with E-state index in [4.69, 9.17) is 4.42 Å². The van der Waals surface area contributed by atoms with Crippen LogP contribution in [0.2, 0.25) is 0 Å². The van der Waals surface area contributed by atoms with Crippen molar-refractivity contribution in [3.63, 3.8) is 0 Å². The highest BCUT2D eigenvalue weighted by Gasteiger charge is 2.05. The van der Waals surface area contributed by atoms with Gasteiger partial charge in [-0.2, -0.15) is 5.10 Å². The molecule has 1 amide bonds. The average Bonchev–Trinajstić information content (AvgIpc) is 3.00. The zero-order valence-corrected chi connectivity index (χ0v) is 11.8. The number of hydrogen-bond acceptors (Lipinski definition) is 4. The Hall–Kier alpha value is -2.50. The van der Waals surface area contributed by atoms with Gasteiger partial charge >= 0.3 is 0 Å². The van der Waals surface area contributed by atoms with Gasteiger partial charge in [0, 0.05) is 39.1 Å². The van der Waals surface area contributed by atoms with Crippen LogP contribution >= 0.6 is 0 Å². The van der Waals surface area contributed by atoms with Crippen molar-refractivity contribution in [1.29, 1.82) is 0 Å². The first-order valence-corrected chi connectivity index (χ1v) is 6.25. The number of nitrogens with one attached hydrogen (secondary N) is 1. The van der Waals surface area contributed by atoms with Gasteiger partial charge in [0.25, 0.3) is 0 Å². The van der Waals surface area contributed by atoms with E-state index >= 15 is 0 Å². The summed E-state index contributed by atoms with van der Waals surface area (Å²) in [4.78, 5) is 13.5. The molecule has 0 aliphatic carbocycles. The average molecular weight is 274 g/mol. The first-order chi connectivity index (χ1) is 9.56. The number of carbonyl (C=O) groups excluding carboxylic acids is 1. The fourth-order valence-corrected chi connectivity index (χ4v) is 1.70. The molecule has 0 aliphatic rings. The van der Waals surface area contributed by atoms with E-state index < -0.39 is 0 Å². The summed E-state index contributed by atoms with van der Waals surface area (Å²) in [6.07, 6.45) is 3.68. The maximum Gasteiger partial charge on any atom is 0.245 e. The van der Waals surface area contributed by atoms with Gasteiger partial charge in [0.2, 0.25) is 5.91 Å². The SMILES string of the molecule is CN(C)c1ccc(/C=N/NC(=O)Cc2cccn2C)o1. The molecule has 20 heavy (non-hydrogen) atoms. The Morgan fingerprint density at radius 3 is 2.85 bits per heavy atom. The van der Waals surface area contributed by atoms with Gasteiger partial charge in [0.05, 0.1) is 12.6 Å². The van der Waals surface area contributed by atoms with Crippen LogP contribution in [0.15, 0.2) is 40.0 Å². The number of nitrogens with zero attached hydrogens (tertiary/aromatic N) is 3. The van der Waals surface area contributed by atoms with Gasteiger partial charge in [0.15, 0.2) is 5.88 Å². The van der Waals surface area contributed by atoms with Crippen molar-refractivity contribution in [1.82, 2.24) is 9.99 Å². The molecule has 0 spiro atoms. The van der Waals surface area contributed by atoms with Crippen LogP contribution in [0, 0.1) is 0 Å². The van der Waals surface area contributed by atoms with E-state index in [9.17, 15) is 4.79 Å². The molecule has 0 bridgehead atoms. The quantitative estimate of drug-likeness (QED) is 0.662. The van der Waals surface area contributed by atoms with Crippen molar-refractivity contribution < 1.29 is 9.21 Å². The van der Waals surface area contributed by atoms with Gasteiger partial charge < -0.3 is 13.9 Å². The molecule has 2 rings (SSSR count). The lowest BCUT2D eigenvalue weighted by molar-refractivity contribution is -0.120. The lowest BCUT2D eigenvalue weighted by Gasteiger charge is -2.05. The molecule has 0 atom stereocenters. The molecule has 0 unspecified atom stereocenters. The molecule has 2 heterocycles. The predicted octanol–water partition coefficient (Wildman–Crippen LogP) is 1.38. The van der Waals surface area contributed by atoms with Crippen molar-refractivity contribution in [2.24, 2.45) is 12.1 Å². The van der Waals surface area contributed by atoms with E-state index in [-0.39, 0.29) is 5.91 Å². The van der Waals surface area contributed by atoms with E-state index in [0.717, 1.165) is 11.6 Å². The normalized spacial score (nSPS) is 10.9. The Bertz CT molecular complexity index is 610. The fraction of sp³-hybridized carbons (Fsp3) is 0.286. The number of amides is 1. The van der Waals surface area contributed by atoms with Crippen LogP contribution in [0.3, 0.4) is 0 Å². The molecule has 0 aromatic carbocycles. The molecule has 0 radical (unpaired) electrons. The lowest BCUT2D eigenvalue weighted by Crippen LogP contribution is -2.20. The Morgan fingerprint density at radius 1 is 1.45 bits per heavy atom. The van der Waals surface area contributed by atoms with Crippen LogP contribution in [0.4, 0.5) is 5.88 Å².